The third-order valence-corrected chi connectivity index (χ3v) is 7.14. The Morgan fingerprint density at radius 1 is 1.42 bits per heavy atom. The van der Waals surface area contributed by atoms with Crippen molar-refractivity contribution in [3.05, 3.63) is 17.0 Å². The topological polar surface area (TPSA) is 73.2 Å². The monoisotopic (exact) mass is 297 g/mol. The second-order valence-corrected chi connectivity index (χ2v) is 8.26. The summed E-state index contributed by atoms with van der Waals surface area (Å²) in [6, 6.07) is 5.38. The van der Waals surface area contributed by atoms with Gasteiger partial charge in [-0.15, -0.1) is 11.3 Å². The summed E-state index contributed by atoms with van der Waals surface area (Å²) in [5.41, 5.74) is 0. The van der Waals surface area contributed by atoms with Crippen LogP contribution < -0.4 is 5.32 Å². The molecule has 0 aromatic carbocycles. The van der Waals surface area contributed by atoms with E-state index in [9.17, 15) is 8.42 Å². The molecule has 102 valence electrons. The molecule has 0 saturated carbocycles. The highest BCUT2D eigenvalue weighted by atomic mass is 32.2. The molecule has 3 heterocycles. The summed E-state index contributed by atoms with van der Waals surface area (Å²) in [6.45, 7) is 2.12. The Labute approximate surface area is 116 Å². The number of hydrogen-bond acceptors (Lipinski definition) is 5. The maximum atomic E-state index is 12.5. The van der Waals surface area contributed by atoms with E-state index in [0.717, 1.165) is 30.7 Å². The van der Waals surface area contributed by atoms with Gasteiger partial charge in [-0.1, -0.05) is 0 Å². The molecule has 7 heteroatoms. The average Bonchev–Trinajstić information content (AvgIpc) is 3.05. The maximum Gasteiger partial charge on any atom is 0.252 e. The number of rotatable bonds is 2. The number of nitrogens with one attached hydrogen (secondary N) is 1. The molecule has 0 radical (unpaired) electrons. The predicted octanol–water partition coefficient (Wildman–Crippen LogP) is 0.992. The fourth-order valence-corrected chi connectivity index (χ4v) is 5.63. The molecule has 3 rings (SSSR count). The van der Waals surface area contributed by atoms with Crippen LogP contribution in [0, 0.1) is 17.2 Å². The Morgan fingerprint density at radius 2 is 2.26 bits per heavy atom. The van der Waals surface area contributed by atoms with Crippen LogP contribution in [0.2, 0.25) is 0 Å². The summed E-state index contributed by atoms with van der Waals surface area (Å²) >= 11 is 1.05. The van der Waals surface area contributed by atoms with E-state index in [1.54, 1.807) is 10.4 Å². The first-order chi connectivity index (χ1) is 9.11. The van der Waals surface area contributed by atoms with Crippen LogP contribution in [-0.2, 0) is 10.0 Å². The summed E-state index contributed by atoms with van der Waals surface area (Å²) in [5.74, 6) is 0.430. The molecular weight excluding hydrogens is 282 g/mol. The lowest BCUT2D eigenvalue weighted by Crippen LogP contribution is -2.41. The van der Waals surface area contributed by atoms with E-state index < -0.39 is 10.0 Å². The lowest BCUT2D eigenvalue weighted by molar-refractivity contribution is 0.339. The number of thiophene rings is 1. The number of nitriles is 1. The molecule has 5 nitrogen and oxygen atoms in total. The number of sulfonamides is 1. The van der Waals surface area contributed by atoms with Crippen molar-refractivity contribution in [2.45, 2.75) is 23.1 Å². The first-order valence-electron chi connectivity index (χ1n) is 6.35. The summed E-state index contributed by atoms with van der Waals surface area (Å²) in [6.07, 6.45) is 2.21. The van der Waals surface area contributed by atoms with E-state index >= 15 is 0 Å². The van der Waals surface area contributed by atoms with Gasteiger partial charge in [-0.25, -0.2) is 8.42 Å². The Bertz CT molecular complexity index is 603. The Balaban J connectivity index is 1.83. The molecule has 2 saturated heterocycles. The van der Waals surface area contributed by atoms with Gasteiger partial charge in [-0.2, -0.15) is 9.57 Å². The first-order valence-corrected chi connectivity index (χ1v) is 8.60. The van der Waals surface area contributed by atoms with Crippen LogP contribution in [0.4, 0.5) is 0 Å². The average molecular weight is 297 g/mol. The zero-order chi connectivity index (χ0) is 13.5. The van der Waals surface area contributed by atoms with Crippen molar-refractivity contribution in [2.75, 3.05) is 19.6 Å². The predicted molar refractivity (Wildman–Crippen MR) is 72.3 cm³/mol. The third-order valence-electron chi connectivity index (χ3n) is 3.85. The summed E-state index contributed by atoms with van der Waals surface area (Å²) in [4.78, 5) is 0.438. The van der Waals surface area contributed by atoms with E-state index in [0.29, 0.717) is 29.9 Å². The van der Waals surface area contributed by atoms with Crippen LogP contribution in [-0.4, -0.2) is 38.4 Å². The lowest BCUT2D eigenvalue weighted by Gasteiger charge is -2.24. The fraction of sp³-hybridized carbons (Fsp3) is 0.583. The van der Waals surface area contributed by atoms with Crippen LogP contribution in [0.1, 0.15) is 17.7 Å². The summed E-state index contributed by atoms with van der Waals surface area (Å²) in [5, 5.41) is 12.2. The molecule has 2 atom stereocenters. The summed E-state index contributed by atoms with van der Waals surface area (Å²) < 4.78 is 26.9. The number of nitrogens with zero attached hydrogens (tertiary/aromatic N) is 2. The molecule has 2 aliphatic heterocycles. The van der Waals surface area contributed by atoms with Gasteiger partial charge < -0.3 is 5.32 Å². The maximum absolute atomic E-state index is 12.5. The highest BCUT2D eigenvalue weighted by molar-refractivity contribution is 7.91. The second kappa shape index (κ2) is 4.87. The van der Waals surface area contributed by atoms with Crippen LogP contribution in [0.15, 0.2) is 16.3 Å². The van der Waals surface area contributed by atoms with E-state index in [-0.39, 0.29) is 4.21 Å². The molecule has 1 aromatic rings. The van der Waals surface area contributed by atoms with Crippen molar-refractivity contribution in [3.8, 4) is 6.07 Å². The minimum atomic E-state index is -3.43. The molecule has 0 spiro atoms. The Morgan fingerprint density at radius 3 is 2.95 bits per heavy atom. The van der Waals surface area contributed by atoms with Crippen LogP contribution in [0.3, 0.4) is 0 Å². The van der Waals surface area contributed by atoms with Crippen molar-refractivity contribution in [1.82, 2.24) is 9.62 Å². The van der Waals surface area contributed by atoms with Gasteiger partial charge in [0.2, 0.25) is 0 Å². The molecule has 1 N–H and O–H groups in total. The normalized spacial score (nSPS) is 27.9. The summed E-state index contributed by atoms with van der Waals surface area (Å²) in [7, 11) is -3.43. The zero-order valence-corrected chi connectivity index (χ0v) is 12.0. The fourth-order valence-electron chi connectivity index (χ4n) is 2.85. The van der Waals surface area contributed by atoms with Gasteiger partial charge in [0.1, 0.15) is 15.2 Å². The van der Waals surface area contributed by atoms with Crippen LogP contribution >= 0.6 is 11.3 Å². The van der Waals surface area contributed by atoms with Gasteiger partial charge in [-0.05, 0) is 37.4 Å². The van der Waals surface area contributed by atoms with Crippen molar-refractivity contribution in [2.24, 2.45) is 5.92 Å². The van der Waals surface area contributed by atoms with Crippen molar-refractivity contribution in [1.29, 1.82) is 5.26 Å². The van der Waals surface area contributed by atoms with Gasteiger partial charge in [0, 0.05) is 19.1 Å². The minimum Gasteiger partial charge on any atom is -0.312 e. The molecule has 2 aliphatic rings. The quantitative estimate of drug-likeness (QED) is 0.883. The minimum absolute atomic E-state index is 0.280. The van der Waals surface area contributed by atoms with E-state index in [1.807, 2.05) is 6.07 Å². The molecule has 1 aromatic heterocycles. The lowest BCUT2D eigenvalue weighted by atomic mass is 9.94. The second-order valence-electron chi connectivity index (χ2n) is 5.02. The SMILES string of the molecule is N#Cc1ccc(S(=O)(=O)N2C[C@@H]3CCCN[C@@H]3C2)s1. The number of piperidine rings is 1. The number of fused-ring (bicyclic) bond motifs is 1. The molecule has 0 unspecified atom stereocenters. The first kappa shape index (κ1) is 13.1. The highest BCUT2D eigenvalue weighted by Crippen LogP contribution is 2.31. The van der Waals surface area contributed by atoms with Gasteiger partial charge in [0.05, 0.1) is 0 Å². The van der Waals surface area contributed by atoms with Gasteiger partial charge in [0.15, 0.2) is 0 Å². The van der Waals surface area contributed by atoms with Gasteiger partial charge in [-0.3, -0.25) is 0 Å². The molecule has 0 amide bonds. The largest absolute Gasteiger partial charge is 0.312 e. The van der Waals surface area contributed by atoms with Gasteiger partial charge in [0.25, 0.3) is 10.0 Å². The van der Waals surface area contributed by atoms with Crippen LogP contribution in [0.25, 0.3) is 0 Å². The van der Waals surface area contributed by atoms with Gasteiger partial charge >= 0.3 is 0 Å². The Kier molecular flexibility index (Phi) is 3.35. The molecule has 0 bridgehead atoms. The van der Waals surface area contributed by atoms with Crippen molar-refractivity contribution in [3.63, 3.8) is 0 Å². The molecule has 19 heavy (non-hydrogen) atoms. The third kappa shape index (κ3) is 2.30. The Hall–Kier alpha value is -0.940. The van der Waals surface area contributed by atoms with E-state index in [1.165, 1.54) is 6.07 Å². The standard InChI is InChI=1S/C12H15N3O2S2/c13-6-10-3-4-12(18-10)19(16,17)15-7-9-2-1-5-14-11(9)8-15/h3-4,9,11,14H,1-2,5,7-8H2/t9-,11+/m0/s1. The molecular formula is C12H15N3O2S2. The number of hydrogen-bond donors (Lipinski definition) is 1. The molecule has 2 fully saturated rings. The van der Waals surface area contributed by atoms with Crippen molar-refractivity contribution < 1.29 is 8.42 Å². The van der Waals surface area contributed by atoms with E-state index in [4.69, 9.17) is 5.26 Å². The van der Waals surface area contributed by atoms with Crippen LogP contribution in [0.5, 0.6) is 0 Å². The van der Waals surface area contributed by atoms with Crippen molar-refractivity contribution >= 4 is 21.4 Å². The van der Waals surface area contributed by atoms with E-state index in [2.05, 4.69) is 5.32 Å². The zero-order valence-electron chi connectivity index (χ0n) is 10.4. The highest BCUT2D eigenvalue weighted by Gasteiger charge is 2.40. The smallest absolute Gasteiger partial charge is 0.252 e. The molecule has 0 aliphatic carbocycles.